The predicted octanol–water partition coefficient (Wildman–Crippen LogP) is 3.09. The Kier molecular flexibility index (Phi) is 9.12. The maximum atomic E-state index is 13.7. The number of β-amino-alcohol motifs (C(OH)–C–C–N with tert-alkyl or cyclic N) is 1. The second-order valence-electron chi connectivity index (χ2n) is 13.5. The van der Waals surface area contributed by atoms with Crippen LogP contribution in [-0.4, -0.2) is 104 Å². The van der Waals surface area contributed by atoms with Crippen LogP contribution in [-0.2, 0) is 35.5 Å². The molecule has 3 atom stereocenters. The van der Waals surface area contributed by atoms with Crippen LogP contribution >= 0.6 is 0 Å². The highest BCUT2D eigenvalue weighted by Crippen LogP contribution is 2.28. The fourth-order valence-corrected chi connectivity index (χ4v) is 7.20. The fourth-order valence-electron chi connectivity index (χ4n) is 7.20. The van der Waals surface area contributed by atoms with Crippen molar-refractivity contribution in [2.45, 2.75) is 96.4 Å². The van der Waals surface area contributed by atoms with E-state index in [1.54, 1.807) is 0 Å². The number of aromatic nitrogens is 2. The second kappa shape index (κ2) is 13.0. The fraction of sp³-hybridized carbons (Fsp3) is 0.647. The summed E-state index contributed by atoms with van der Waals surface area (Å²) in [5.74, 6) is 0.978. The third-order valence-electron chi connectivity index (χ3n) is 9.97. The number of rotatable bonds is 8. The minimum absolute atomic E-state index is 0.124. The van der Waals surface area contributed by atoms with E-state index in [2.05, 4.69) is 54.8 Å². The van der Waals surface area contributed by atoms with Gasteiger partial charge in [-0.15, -0.1) is 0 Å². The molecule has 6 rings (SSSR count). The van der Waals surface area contributed by atoms with Crippen molar-refractivity contribution in [3.63, 3.8) is 0 Å². The van der Waals surface area contributed by atoms with E-state index in [1.165, 1.54) is 12.8 Å². The summed E-state index contributed by atoms with van der Waals surface area (Å²) in [5.41, 5.74) is 6.70. The minimum atomic E-state index is -0.477. The molecule has 1 unspecified atom stereocenters. The highest BCUT2D eigenvalue weighted by atomic mass is 16.3. The van der Waals surface area contributed by atoms with Gasteiger partial charge in [-0.25, -0.2) is 0 Å². The van der Waals surface area contributed by atoms with Gasteiger partial charge >= 0.3 is 0 Å². The Morgan fingerprint density at radius 3 is 2.21 bits per heavy atom. The summed E-state index contributed by atoms with van der Waals surface area (Å²) in [4.78, 5) is 44.8. The number of aliphatic hydroxyl groups excluding tert-OH is 1. The first kappa shape index (κ1) is 30.2. The molecule has 43 heavy (non-hydrogen) atoms. The molecule has 1 N–H and O–H groups in total. The lowest BCUT2D eigenvalue weighted by Crippen LogP contribution is -2.47. The van der Waals surface area contributed by atoms with Crippen molar-refractivity contribution in [2.24, 2.45) is 0 Å². The molecule has 9 nitrogen and oxygen atoms in total. The van der Waals surface area contributed by atoms with Gasteiger partial charge in [-0.2, -0.15) is 0 Å². The van der Waals surface area contributed by atoms with Gasteiger partial charge in [-0.3, -0.25) is 29.4 Å². The van der Waals surface area contributed by atoms with Gasteiger partial charge in [-0.1, -0.05) is 32.9 Å². The highest BCUT2D eigenvalue weighted by molar-refractivity contribution is 5.82. The SMILES string of the molecule is CC(C)c1ccc2c(n1)CCN(C(=O)[C@@H]1C[C@@H](O)CN1CCC(C)c1ccc3c(n1)CCN(C(=O)CN1CCCC1)C3)C2. The van der Waals surface area contributed by atoms with E-state index in [0.29, 0.717) is 45.1 Å². The van der Waals surface area contributed by atoms with Crippen molar-refractivity contribution in [3.05, 3.63) is 58.2 Å². The summed E-state index contributed by atoms with van der Waals surface area (Å²) in [6.45, 7) is 13.1. The summed E-state index contributed by atoms with van der Waals surface area (Å²) in [6, 6.07) is 8.21. The van der Waals surface area contributed by atoms with Crippen molar-refractivity contribution >= 4 is 11.8 Å². The van der Waals surface area contributed by atoms with Crippen LogP contribution in [0.3, 0.4) is 0 Å². The summed E-state index contributed by atoms with van der Waals surface area (Å²) < 4.78 is 0. The van der Waals surface area contributed by atoms with Gasteiger partial charge in [-0.05, 0) is 80.4 Å². The average Bonchev–Trinajstić information content (AvgIpc) is 3.67. The Morgan fingerprint density at radius 1 is 0.884 bits per heavy atom. The summed E-state index contributed by atoms with van der Waals surface area (Å²) >= 11 is 0. The molecule has 2 saturated heterocycles. The number of carbonyl (C=O) groups excluding carboxylic acids is 2. The lowest BCUT2D eigenvalue weighted by atomic mass is 9.98. The molecule has 2 aromatic heterocycles. The first-order valence-electron chi connectivity index (χ1n) is 16.4. The number of hydrogen-bond donors (Lipinski definition) is 1. The number of pyridine rings is 2. The van der Waals surface area contributed by atoms with Crippen molar-refractivity contribution in [3.8, 4) is 0 Å². The topological polar surface area (TPSA) is 93.1 Å². The molecule has 0 aliphatic carbocycles. The number of amides is 2. The molecule has 9 heteroatoms. The zero-order valence-electron chi connectivity index (χ0n) is 26.2. The van der Waals surface area contributed by atoms with Crippen molar-refractivity contribution in [1.82, 2.24) is 29.6 Å². The highest BCUT2D eigenvalue weighted by Gasteiger charge is 2.39. The zero-order valence-corrected chi connectivity index (χ0v) is 26.2. The molecule has 0 saturated carbocycles. The number of fused-ring (bicyclic) bond motifs is 2. The summed E-state index contributed by atoms with van der Waals surface area (Å²) in [7, 11) is 0. The Balaban J connectivity index is 1.03. The molecule has 0 radical (unpaired) electrons. The lowest BCUT2D eigenvalue weighted by molar-refractivity contribution is -0.137. The Hall–Kier alpha value is -2.88. The quantitative estimate of drug-likeness (QED) is 0.507. The number of hydrogen-bond acceptors (Lipinski definition) is 7. The van der Waals surface area contributed by atoms with Gasteiger partial charge in [0, 0.05) is 68.3 Å². The van der Waals surface area contributed by atoms with Crippen molar-refractivity contribution < 1.29 is 14.7 Å². The van der Waals surface area contributed by atoms with E-state index in [9.17, 15) is 14.7 Å². The molecule has 2 fully saturated rings. The van der Waals surface area contributed by atoms with Crippen LogP contribution in [0.1, 0.15) is 92.2 Å². The molecule has 4 aliphatic heterocycles. The zero-order chi connectivity index (χ0) is 30.1. The normalized spacial score (nSPS) is 23.5. The molecular weight excluding hydrogens is 540 g/mol. The standard InChI is InChI=1S/C34H48N6O3/c1-23(2)28-8-6-26-20-40(17-12-30(26)35-28)34(43)32-18-27(41)21-38(32)15-10-24(3)29-9-7-25-19-39(16-11-31(25)36-29)33(42)22-37-13-4-5-14-37/h6-9,23-24,27,32,41H,4-5,10-22H2,1-3H3/t24?,27-,32+/m1/s1. The monoisotopic (exact) mass is 588 g/mol. The van der Waals surface area contributed by atoms with Crippen LogP contribution in [0.15, 0.2) is 24.3 Å². The van der Waals surface area contributed by atoms with Crippen LogP contribution in [0.5, 0.6) is 0 Å². The molecule has 2 amide bonds. The average molecular weight is 589 g/mol. The number of aliphatic hydroxyl groups is 1. The number of carbonyl (C=O) groups is 2. The Bertz CT molecular complexity index is 1330. The van der Waals surface area contributed by atoms with Gasteiger partial charge in [0.1, 0.15) is 0 Å². The van der Waals surface area contributed by atoms with E-state index in [1.807, 2.05) is 9.80 Å². The molecule has 4 aliphatic rings. The summed E-state index contributed by atoms with van der Waals surface area (Å²) in [6.07, 6.45) is 4.85. The van der Waals surface area contributed by atoms with Gasteiger partial charge in [0.25, 0.3) is 0 Å². The smallest absolute Gasteiger partial charge is 0.240 e. The molecular formula is C34H48N6O3. The predicted molar refractivity (Wildman–Crippen MR) is 165 cm³/mol. The van der Waals surface area contributed by atoms with Crippen LogP contribution in [0.4, 0.5) is 0 Å². The maximum Gasteiger partial charge on any atom is 0.240 e. The molecule has 0 bridgehead atoms. The first-order chi connectivity index (χ1) is 20.7. The lowest BCUT2D eigenvalue weighted by Gasteiger charge is -2.33. The van der Waals surface area contributed by atoms with E-state index in [4.69, 9.17) is 9.97 Å². The van der Waals surface area contributed by atoms with Gasteiger partial charge in [0.15, 0.2) is 0 Å². The molecule has 0 spiro atoms. The Labute approximate surface area is 256 Å². The molecule has 6 heterocycles. The second-order valence-corrected chi connectivity index (χ2v) is 13.5. The maximum absolute atomic E-state index is 13.7. The van der Waals surface area contributed by atoms with E-state index < -0.39 is 6.10 Å². The summed E-state index contributed by atoms with van der Waals surface area (Å²) in [5, 5.41) is 10.5. The third-order valence-corrected chi connectivity index (χ3v) is 9.97. The minimum Gasteiger partial charge on any atom is -0.392 e. The number of nitrogens with zero attached hydrogens (tertiary/aromatic N) is 6. The van der Waals surface area contributed by atoms with Crippen molar-refractivity contribution in [2.75, 3.05) is 45.8 Å². The van der Waals surface area contributed by atoms with E-state index in [0.717, 1.165) is 79.3 Å². The first-order valence-corrected chi connectivity index (χ1v) is 16.4. The van der Waals surface area contributed by atoms with Crippen LogP contribution in [0.2, 0.25) is 0 Å². The number of likely N-dealkylation sites (tertiary alicyclic amines) is 2. The largest absolute Gasteiger partial charge is 0.392 e. The van der Waals surface area contributed by atoms with Gasteiger partial charge < -0.3 is 14.9 Å². The molecule has 232 valence electrons. The van der Waals surface area contributed by atoms with Crippen LogP contribution in [0.25, 0.3) is 0 Å². The van der Waals surface area contributed by atoms with Crippen LogP contribution < -0.4 is 0 Å². The van der Waals surface area contributed by atoms with E-state index >= 15 is 0 Å². The van der Waals surface area contributed by atoms with Crippen LogP contribution in [0, 0.1) is 0 Å². The third kappa shape index (κ3) is 6.79. The van der Waals surface area contributed by atoms with Gasteiger partial charge in [0.2, 0.25) is 11.8 Å². The molecule has 0 aromatic carbocycles. The Morgan fingerprint density at radius 2 is 1.51 bits per heavy atom. The molecule has 2 aromatic rings. The van der Waals surface area contributed by atoms with Crippen molar-refractivity contribution in [1.29, 1.82) is 0 Å². The van der Waals surface area contributed by atoms with Gasteiger partial charge in [0.05, 0.1) is 18.7 Å². The van der Waals surface area contributed by atoms with E-state index in [-0.39, 0.29) is 23.8 Å².